The minimum Gasteiger partial charge on any atom is -0.282 e. The first-order valence-electron chi connectivity index (χ1n) is 4.92. The lowest BCUT2D eigenvalue weighted by atomic mass is 10.2. The molecule has 0 atom stereocenters. The second-order valence-electron chi connectivity index (χ2n) is 3.71. The summed E-state index contributed by atoms with van der Waals surface area (Å²) in [5, 5.41) is 7.14. The zero-order valence-electron chi connectivity index (χ0n) is 8.98. The molecule has 5 nitrogen and oxygen atoms in total. The lowest BCUT2D eigenvalue weighted by Gasteiger charge is -2.06. The van der Waals surface area contributed by atoms with E-state index in [1.165, 1.54) is 15.6 Å². The summed E-state index contributed by atoms with van der Waals surface area (Å²) in [5.41, 5.74) is 7.14. The zero-order valence-corrected chi connectivity index (χ0v) is 9.80. The summed E-state index contributed by atoms with van der Waals surface area (Å²) in [5.74, 6) is 0.850. The van der Waals surface area contributed by atoms with Crippen molar-refractivity contribution in [2.24, 2.45) is 5.10 Å². The molecule has 0 aromatic carbocycles. The Morgan fingerprint density at radius 3 is 2.94 bits per heavy atom. The van der Waals surface area contributed by atoms with Crippen LogP contribution in [0.3, 0.4) is 0 Å². The number of hydrogen-bond acceptors (Lipinski definition) is 6. The number of nitrogens with zero attached hydrogens (tertiary/aromatic N) is 3. The number of fused-ring (bicyclic) bond motifs is 1. The molecule has 0 fully saturated rings. The highest BCUT2D eigenvalue weighted by Crippen LogP contribution is 2.27. The first kappa shape index (κ1) is 9.56. The Morgan fingerprint density at radius 2 is 2.25 bits per heavy atom. The number of aromatic nitrogens is 1. The molecule has 0 saturated heterocycles. The predicted octanol–water partition coefficient (Wildman–Crippen LogP) is 1.22. The lowest BCUT2D eigenvalue weighted by molar-refractivity contribution is 0.232. The first-order chi connectivity index (χ1) is 7.74. The minimum absolute atomic E-state index is 0.850. The normalized spacial score (nSPS) is 16.0. The molecule has 0 radical (unpaired) electrons. The Bertz CT molecular complexity index is 574. The van der Waals surface area contributed by atoms with E-state index in [2.05, 4.69) is 34.0 Å². The topological polar surface area (TPSA) is 52.6 Å². The predicted molar refractivity (Wildman–Crippen MR) is 64.9 cm³/mol. The van der Waals surface area contributed by atoms with Gasteiger partial charge in [-0.1, -0.05) is 0 Å². The van der Waals surface area contributed by atoms with Gasteiger partial charge in [0, 0.05) is 19.4 Å². The highest BCUT2D eigenvalue weighted by molar-refractivity contribution is 7.20. The third-order valence-corrected chi connectivity index (χ3v) is 3.54. The van der Waals surface area contributed by atoms with E-state index in [0.29, 0.717) is 0 Å². The van der Waals surface area contributed by atoms with Crippen molar-refractivity contribution < 1.29 is 0 Å². The Balaban J connectivity index is 2.09. The molecular weight excluding hydrogens is 222 g/mol. The number of thiophene rings is 1. The van der Waals surface area contributed by atoms with Crippen LogP contribution in [-0.2, 0) is 0 Å². The van der Waals surface area contributed by atoms with Gasteiger partial charge in [0.25, 0.3) is 0 Å². The van der Waals surface area contributed by atoms with Gasteiger partial charge in [-0.2, -0.15) is 0 Å². The van der Waals surface area contributed by atoms with E-state index in [1.807, 2.05) is 19.4 Å². The molecule has 3 heterocycles. The van der Waals surface area contributed by atoms with E-state index < -0.39 is 0 Å². The van der Waals surface area contributed by atoms with Gasteiger partial charge >= 0.3 is 0 Å². The van der Waals surface area contributed by atoms with Crippen LogP contribution in [0.4, 0.5) is 0 Å². The number of rotatable bonds is 1. The Kier molecular flexibility index (Phi) is 2.05. The highest BCUT2D eigenvalue weighted by atomic mass is 32.1. The average molecular weight is 233 g/mol. The van der Waals surface area contributed by atoms with Crippen LogP contribution in [0.5, 0.6) is 0 Å². The van der Waals surface area contributed by atoms with E-state index >= 15 is 0 Å². The number of amidine groups is 1. The number of aryl methyl sites for hydroxylation is 1. The third kappa shape index (κ3) is 1.43. The number of pyridine rings is 1. The van der Waals surface area contributed by atoms with Gasteiger partial charge < -0.3 is 0 Å². The summed E-state index contributed by atoms with van der Waals surface area (Å²) in [6.45, 7) is 2.07. The number of nitrogens with one attached hydrogen (secondary N) is 2. The molecule has 0 saturated carbocycles. The van der Waals surface area contributed by atoms with Gasteiger partial charge in [-0.3, -0.25) is 10.4 Å². The summed E-state index contributed by atoms with van der Waals surface area (Å²) in [6, 6.07) is 2.14. The summed E-state index contributed by atoms with van der Waals surface area (Å²) in [7, 11) is 1.87. The largest absolute Gasteiger partial charge is 0.282 e. The van der Waals surface area contributed by atoms with Gasteiger partial charge in [0.15, 0.2) is 5.84 Å². The Hall–Kier alpha value is -1.66. The second-order valence-corrected chi connectivity index (χ2v) is 4.79. The van der Waals surface area contributed by atoms with Gasteiger partial charge in [-0.15, -0.1) is 21.6 Å². The molecule has 0 spiro atoms. The summed E-state index contributed by atoms with van der Waals surface area (Å²) in [4.78, 5) is 5.31. The van der Waals surface area contributed by atoms with Crippen LogP contribution in [0, 0.1) is 6.92 Å². The summed E-state index contributed by atoms with van der Waals surface area (Å²) in [6.07, 6.45) is 3.77. The minimum atomic E-state index is 0.850. The fraction of sp³-hybridized carbons (Fsp3) is 0.200. The summed E-state index contributed by atoms with van der Waals surface area (Å²) >= 11 is 1.69. The van der Waals surface area contributed by atoms with Crippen molar-refractivity contribution >= 4 is 27.3 Å². The highest BCUT2D eigenvalue weighted by Gasteiger charge is 2.15. The molecule has 2 N–H and O–H groups in total. The average Bonchev–Trinajstić information content (AvgIpc) is 2.84. The molecule has 16 heavy (non-hydrogen) atoms. The molecule has 0 amide bonds. The van der Waals surface area contributed by atoms with Gasteiger partial charge in [-0.05, 0) is 23.9 Å². The lowest BCUT2D eigenvalue weighted by Crippen LogP contribution is -2.37. The molecular formula is C10H11N5S. The molecule has 2 aromatic heterocycles. The maximum Gasteiger partial charge on any atom is 0.180 e. The van der Waals surface area contributed by atoms with E-state index in [0.717, 1.165) is 10.7 Å². The maximum atomic E-state index is 4.19. The van der Waals surface area contributed by atoms with E-state index in [4.69, 9.17) is 0 Å². The first-order valence-corrected chi connectivity index (χ1v) is 5.74. The van der Waals surface area contributed by atoms with Crippen molar-refractivity contribution in [1.29, 1.82) is 0 Å². The quantitative estimate of drug-likeness (QED) is 0.777. The third-order valence-electron chi connectivity index (χ3n) is 2.46. The summed E-state index contributed by atoms with van der Waals surface area (Å²) < 4.78 is 1.19. The standard InChI is InChI=1S/C10H11N5S/c1-6-4-11-5-9-7(6)3-8(16-9)10-12-14-15(2)13-10/h3-5,14H,1-2H3,(H,12,13). The molecule has 0 aliphatic carbocycles. The van der Waals surface area contributed by atoms with Crippen LogP contribution in [0.25, 0.3) is 10.1 Å². The zero-order chi connectivity index (χ0) is 11.1. The molecule has 6 heteroatoms. The van der Waals surface area contributed by atoms with Gasteiger partial charge in [0.2, 0.25) is 0 Å². The molecule has 0 bridgehead atoms. The van der Waals surface area contributed by atoms with Crippen LogP contribution >= 0.6 is 11.3 Å². The second kappa shape index (κ2) is 3.43. The van der Waals surface area contributed by atoms with E-state index in [9.17, 15) is 0 Å². The van der Waals surface area contributed by atoms with Crippen molar-refractivity contribution in [2.75, 3.05) is 7.05 Å². The Labute approximate surface area is 96.7 Å². The van der Waals surface area contributed by atoms with E-state index in [1.54, 1.807) is 16.5 Å². The van der Waals surface area contributed by atoms with Crippen molar-refractivity contribution in [1.82, 2.24) is 21.1 Å². The molecule has 0 unspecified atom stereocenters. The van der Waals surface area contributed by atoms with Crippen LogP contribution < -0.4 is 11.0 Å². The van der Waals surface area contributed by atoms with Crippen molar-refractivity contribution in [2.45, 2.75) is 6.92 Å². The van der Waals surface area contributed by atoms with Crippen molar-refractivity contribution in [3.63, 3.8) is 0 Å². The maximum absolute atomic E-state index is 4.19. The van der Waals surface area contributed by atoms with Crippen LogP contribution in [0.1, 0.15) is 10.4 Å². The molecule has 1 aliphatic heterocycles. The molecule has 3 rings (SSSR count). The molecule has 1 aliphatic rings. The SMILES string of the molecule is Cc1cncc2sc(C3=NNN(C)N3)cc12. The van der Waals surface area contributed by atoms with Gasteiger partial charge in [0.05, 0.1) is 9.58 Å². The number of hydrazone groups is 1. The van der Waals surface area contributed by atoms with Crippen molar-refractivity contribution in [3.8, 4) is 0 Å². The fourth-order valence-electron chi connectivity index (χ4n) is 1.66. The molecule has 2 aromatic rings. The monoisotopic (exact) mass is 233 g/mol. The fourth-order valence-corrected chi connectivity index (χ4v) is 2.70. The van der Waals surface area contributed by atoms with Crippen LogP contribution in [0.2, 0.25) is 0 Å². The van der Waals surface area contributed by atoms with Gasteiger partial charge in [-0.25, -0.2) is 5.53 Å². The van der Waals surface area contributed by atoms with E-state index in [-0.39, 0.29) is 0 Å². The smallest absolute Gasteiger partial charge is 0.180 e. The van der Waals surface area contributed by atoms with Crippen LogP contribution in [-0.4, -0.2) is 23.0 Å². The molecule has 82 valence electrons. The van der Waals surface area contributed by atoms with Crippen molar-refractivity contribution in [3.05, 3.63) is 28.9 Å². The van der Waals surface area contributed by atoms with Crippen LogP contribution in [0.15, 0.2) is 23.6 Å². The Morgan fingerprint density at radius 1 is 1.38 bits per heavy atom. The van der Waals surface area contributed by atoms with Gasteiger partial charge in [0.1, 0.15) is 0 Å². The number of hydrazine groups is 2. The number of hydrogen-bond donors (Lipinski definition) is 2.